The summed E-state index contributed by atoms with van der Waals surface area (Å²) in [7, 11) is 0. The summed E-state index contributed by atoms with van der Waals surface area (Å²) in [5.74, 6) is 2.07. The van der Waals surface area contributed by atoms with E-state index in [2.05, 4.69) is 28.2 Å². The topological polar surface area (TPSA) is 63.9 Å². The Labute approximate surface area is 106 Å². The Kier molecular flexibility index (Phi) is 3.02. The highest BCUT2D eigenvalue weighted by Crippen LogP contribution is 2.29. The van der Waals surface area contributed by atoms with Crippen LogP contribution in [0.4, 0.5) is 0 Å². The molecule has 0 saturated heterocycles. The number of aryl methyl sites for hydroxylation is 1. The van der Waals surface area contributed by atoms with E-state index in [1.807, 2.05) is 6.20 Å². The summed E-state index contributed by atoms with van der Waals surface area (Å²) in [6.07, 6.45) is 5.77. The van der Waals surface area contributed by atoms with Crippen molar-refractivity contribution in [3.63, 3.8) is 0 Å². The molecule has 1 atom stereocenters. The number of hydrogen-bond donors (Lipinski definition) is 2. The lowest BCUT2D eigenvalue weighted by atomic mass is 9.94. The van der Waals surface area contributed by atoms with Gasteiger partial charge in [0, 0.05) is 18.9 Å². The minimum Gasteiger partial charge on any atom is -0.493 e. The highest BCUT2D eigenvalue weighted by Gasteiger charge is 2.18. The standard InChI is InChI=1S/C14H17N3O/c15-9-12(14-16-5-6-17-14)10-3-4-13-11(8-10)2-1-7-18-13/h3-6,8,12H,1-2,7,9,15H2,(H,16,17). The molecule has 1 aromatic heterocycles. The molecular formula is C14H17N3O. The summed E-state index contributed by atoms with van der Waals surface area (Å²) in [6.45, 7) is 1.37. The molecule has 0 amide bonds. The van der Waals surface area contributed by atoms with Gasteiger partial charge < -0.3 is 15.5 Å². The maximum Gasteiger partial charge on any atom is 0.122 e. The number of hydrogen-bond acceptors (Lipinski definition) is 3. The fraction of sp³-hybridized carbons (Fsp3) is 0.357. The maximum atomic E-state index is 5.88. The van der Waals surface area contributed by atoms with E-state index in [-0.39, 0.29) is 5.92 Å². The van der Waals surface area contributed by atoms with Gasteiger partial charge in [0.1, 0.15) is 11.6 Å². The van der Waals surface area contributed by atoms with Crippen LogP contribution in [0.2, 0.25) is 0 Å². The number of rotatable bonds is 3. The van der Waals surface area contributed by atoms with Gasteiger partial charge in [-0.15, -0.1) is 0 Å². The molecule has 1 unspecified atom stereocenters. The molecule has 0 fully saturated rings. The molecule has 4 nitrogen and oxygen atoms in total. The van der Waals surface area contributed by atoms with E-state index in [0.29, 0.717) is 6.54 Å². The third kappa shape index (κ3) is 1.99. The molecule has 0 bridgehead atoms. The van der Waals surface area contributed by atoms with Crippen LogP contribution in [0.25, 0.3) is 0 Å². The van der Waals surface area contributed by atoms with Crippen LogP contribution in [0.5, 0.6) is 5.75 Å². The zero-order valence-electron chi connectivity index (χ0n) is 10.2. The van der Waals surface area contributed by atoms with Crippen molar-refractivity contribution in [1.82, 2.24) is 9.97 Å². The number of aromatic nitrogens is 2. The summed E-state index contributed by atoms with van der Waals surface area (Å²) in [4.78, 5) is 7.45. The van der Waals surface area contributed by atoms with Crippen LogP contribution in [-0.2, 0) is 6.42 Å². The van der Waals surface area contributed by atoms with Crippen molar-refractivity contribution in [1.29, 1.82) is 0 Å². The van der Waals surface area contributed by atoms with E-state index in [0.717, 1.165) is 31.0 Å². The van der Waals surface area contributed by atoms with Crippen molar-refractivity contribution in [3.8, 4) is 5.75 Å². The third-order valence-electron chi connectivity index (χ3n) is 3.42. The van der Waals surface area contributed by atoms with Crippen molar-refractivity contribution in [3.05, 3.63) is 47.5 Å². The molecule has 18 heavy (non-hydrogen) atoms. The fourth-order valence-electron chi connectivity index (χ4n) is 2.47. The van der Waals surface area contributed by atoms with E-state index in [4.69, 9.17) is 10.5 Å². The van der Waals surface area contributed by atoms with Gasteiger partial charge >= 0.3 is 0 Å². The number of nitrogens with zero attached hydrogens (tertiary/aromatic N) is 1. The average Bonchev–Trinajstić information content (AvgIpc) is 2.93. The van der Waals surface area contributed by atoms with Gasteiger partial charge in [0.05, 0.1) is 12.5 Å². The fourth-order valence-corrected chi connectivity index (χ4v) is 2.47. The molecule has 3 rings (SSSR count). The van der Waals surface area contributed by atoms with Gasteiger partial charge in [-0.05, 0) is 30.0 Å². The highest BCUT2D eigenvalue weighted by atomic mass is 16.5. The lowest BCUT2D eigenvalue weighted by Gasteiger charge is -2.20. The minimum atomic E-state index is 0.132. The van der Waals surface area contributed by atoms with E-state index in [1.54, 1.807) is 6.20 Å². The predicted octanol–water partition coefficient (Wildman–Crippen LogP) is 1.83. The van der Waals surface area contributed by atoms with Crippen LogP contribution in [0.3, 0.4) is 0 Å². The monoisotopic (exact) mass is 243 g/mol. The number of benzene rings is 1. The van der Waals surface area contributed by atoms with Gasteiger partial charge in [-0.3, -0.25) is 0 Å². The molecule has 1 aliphatic heterocycles. The van der Waals surface area contributed by atoms with E-state index >= 15 is 0 Å². The van der Waals surface area contributed by atoms with E-state index in [9.17, 15) is 0 Å². The molecule has 3 N–H and O–H groups in total. The summed E-state index contributed by atoms with van der Waals surface area (Å²) < 4.78 is 5.63. The summed E-state index contributed by atoms with van der Waals surface area (Å²) in [5, 5.41) is 0. The predicted molar refractivity (Wildman–Crippen MR) is 69.7 cm³/mol. The number of nitrogens with one attached hydrogen (secondary N) is 1. The summed E-state index contributed by atoms with van der Waals surface area (Å²) in [5.41, 5.74) is 8.37. The summed E-state index contributed by atoms with van der Waals surface area (Å²) in [6, 6.07) is 6.34. The van der Waals surface area contributed by atoms with E-state index in [1.165, 1.54) is 11.1 Å². The molecule has 0 aliphatic carbocycles. The number of nitrogens with two attached hydrogens (primary N) is 1. The lowest BCUT2D eigenvalue weighted by molar-refractivity contribution is 0.288. The normalized spacial score (nSPS) is 15.8. The number of fused-ring (bicyclic) bond motifs is 1. The Balaban J connectivity index is 1.95. The SMILES string of the molecule is NCC(c1ccc2c(c1)CCCO2)c1ncc[nH]1. The van der Waals surface area contributed by atoms with Gasteiger partial charge in [0.25, 0.3) is 0 Å². The van der Waals surface area contributed by atoms with Gasteiger partial charge in [-0.2, -0.15) is 0 Å². The first-order chi connectivity index (χ1) is 8.88. The van der Waals surface area contributed by atoms with E-state index < -0.39 is 0 Å². The first kappa shape index (κ1) is 11.3. The second kappa shape index (κ2) is 4.82. The molecule has 0 spiro atoms. The second-order valence-corrected chi connectivity index (χ2v) is 4.58. The average molecular weight is 243 g/mol. The quantitative estimate of drug-likeness (QED) is 0.864. The van der Waals surface area contributed by atoms with Gasteiger partial charge in [-0.1, -0.05) is 12.1 Å². The molecule has 1 aromatic carbocycles. The van der Waals surface area contributed by atoms with Crippen molar-refractivity contribution >= 4 is 0 Å². The molecule has 0 saturated carbocycles. The Hall–Kier alpha value is -1.81. The van der Waals surface area contributed by atoms with Gasteiger partial charge in [0.15, 0.2) is 0 Å². The van der Waals surface area contributed by atoms with Gasteiger partial charge in [0.2, 0.25) is 0 Å². The zero-order valence-corrected chi connectivity index (χ0v) is 10.2. The molecule has 2 heterocycles. The first-order valence-electron chi connectivity index (χ1n) is 6.33. The first-order valence-corrected chi connectivity index (χ1v) is 6.33. The number of ether oxygens (including phenoxy) is 1. The Morgan fingerprint density at radius 3 is 3.17 bits per heavy atom. The molecule has 0 radical (unpaired) electrons. The van der Waals surface area contributed by atoms with Crippen molar-refractivity contribution in [2.75, 3.05) is 13.2 Å². The molecule has 2 aromatic rings. The third-order valence-corrected chi connectivity index (χ3v) is 3.42. The largest absolute Gasteiger partial charge is 0.493 e. The number of H-pyrrole nitrogens is 1. The van der Waals surface area contributed by atoms with Crippen LogP contribution in [0, 0.1) is 0 Å². The van der Waals surface area contributed by atoms with Crippen molar-refractivity contribution < 1.29 is 4.74 Å². The van der Waals surface area contributed by atoms with Crippen LogP contribution in [0.1, 0.15) is 29.3 Å². The zero-order chi connectivity index (χ0) is 12.4. The molecule has 1 aliphatic rings. The van der Waals surface area contributed by atoms with Gasteiger partial charge in [-0.25, -0.2) is 4.98 Å². The Morgan fingerprint density at radius 2 is 2.39 bits per heavy atom. The lowest BCUT2D eigenvalue weighted by Crippen LogP contribution is -2.16. The smallest absolute Gasteiger partial charge is 0.122 e. The molecule has 4 heteroatoms. The minimum absolute atomic E-state index is 0.132. The van der Waals surface area contributed by atoms with Crippen molar-refractivity contribution in [2.45, 2.75) is 18.8 Å². The number of aromatic amines is 1. The van der Waals surface area contributed by atoms with Crippen LogP contribution in [-0.4, -0.2) is 23.1 Å². The Bertz CT molecular complexity index is 522. The summed E-state index contributed by atoms with van der Waals surface area (Å²) >= 11 is 0. The molecule has 94 valence electrons. The highest BCUT2D eigenvalue weighted by molar-refractivity contribution is 5.41. The molecular weight excluding hydrogens is 226 g/mol. The van der Waals surface area contributed by atoms with Crippen molar-refractivity contribution in [2.24, 2.45) is 5.73 Å². The number of imidazole rings is 1. The second-order valence-electron chi connectivity index (χ2n) is 4.58. The van der Waals surface area contributed by atoms with Crippen LogP contribution >= 0.6 is 0 Å². The maximum absolute atomic E-state index is 5.88. The van der Waals surface area contributed by atoms with Crippen LogP contribution < -0.4 is 10.5 Å². The Morgan fingerprint density at radius 1 is 1.44 bits per heavy atom. The van der Waals surface area contributed by atoms with Crippen LogP contribution in [0.15, 0.2) is 30.6 Å².